The summed E-state index contributed by atoms with van der Waals surface area (Å²) in [6.45, 7) is 10.6. The molecule has 0 radical (unpaired) electrons. The lowest BCUT2D eigenvalue weighted by atomic mass is 9.81. The van der Waals surface area contributed by atoms with E-state index in [4.69, 9.17) is 11.6 Å². The Balaban J connectivity index is 2.75. The number of halogens is 1. The Hall–Kier alpha value is -1.02. The summed E-state index contributed by atoms with van der Waals surface area (Å²) >= 11 is 5.89. The van der Waals surface area contributed by atoms with Gasteiger partial charge < -0.3 is 5.32 Å². The lowest BCUT2D eigenvalue weighted by Crippen LogP contribution is -2.45. The van der Waals surface area contributed by atoms with Crippen molar-refractivity contribution in [3.8, 4) is 0 Å². The van der Waals surface area contributed by atoms with E-state index in [0.717, 1.165) is 6.42 Å². The van der Waals surface area contributed by atoms with E-state index in [2.05, 4.69) is 26.1 Å². The summed E-state index contributed by atoms with van der Waals surface area (Å²) in [5, 5.41) is 3.64. The SMILES string of the molecule is CC(C)(C)CC(C)(C)NC(=O)c1cccc(Cl)c1. The van der Waals surface area contributed by atoms with Crippen molar-refractivity contribution in [2.75, 3.05) is 0 Å². The predicted octanol–water partition coefficient (Wildman–Crippen LogP) is 4.28. The molecule has 1 aromatic carbocycles. The molecule has 1 rings (SSSR count). The monoisotopic (exact) mass is 267 g/mol. The average Bonchev–Trinajstić information content (AvgIpc) is 2.12. The van der Waals surface area contributed by atoms with E-state index < -0.39 is 0 Å². The second-order valence-corrected chi connectivity index (χ2v) is 7.02. The van der Waals surface area contributed by atoms with E-state index in [0.29, 0.717) is 10.6 Å². The Kier molecular flexibility index (Phi) is 4.44. The first-order valence-corrected chi connectivity index (χ1v) is 6.55. The molecule has 0 aliphatic heterocycles. The molecule has 0 fully saturated rings. The standard InChI is InChI=1S/C15H22ClNO/c1-14(2,3)10-15(4,5)17-13(18)11-7-6-8-12(16)9-11/h6-9H,10H2,1-5H3,(H,17,18). The highest BCUT2D eigenvalue weighted by atomic mass is 35.5. The summed E-state index contributed by atoms with van der Waals surface area (Å²) in [6.07, 6.45) is 0.909. The number of benzene rings is 1. The van der Waals surface area contributed by atoms with Gasteiger partial charge in [-0.05, 0) is 43.9 Å². The van der Waals surface area contributed by atoms with Crippen LogP contribution in [0.25, 0.3) is 0 Å². The number of hydrogen-bond donors (Lipinski definition) is 1. The van der Waals surface area contributed by atoms with Crippen molar-refractivity contribution in [3.63, 3.8) is 0 Å². The van der Waals surface area contributed by atoms with Crippen molar-refractivity contribution in [3.05, 3.63) is 34.9 Å². The number of rotatable bonds is 3. The summed E-state index contributed by atoms with van der Waals surface area (Å²) in [5.41, 5.74) is 0.535. The van der Waals surface area contributed by atoms with Gasteiger partial charge in [0.25, 0.3) is 5.91 Å². The summed E-state index contributed by atoms with van der Waals surface area (Å²) in [5.74, 6) is -0.0771. The third kappa shape index (κ3) is 5.09. The van der Waals surface area contributed by atoms with Crippen LogP contribution in [-0.4, -0.2) is 11.4 Å². The van der Waals surface area contributed by atoms with Gasteiger partial charge in [-0.25, -0.2) is 0 Å². The van der Waals surface area contributed by atoms with Gasteiger partial charge in [0.15, 0.2) is 0 Å². The van der Waals surface area contributed by atoms with Gasteiger partial charge in [0.05, 0.1) is 0 Å². The van der Waals surface area contributed by atoms with Crippen LogP contribution in [0.2, 0.25) is 5.02 Å². The van der Waals surface area contributed by atoms with Crippen molar-refractivity contribution < 1.29 is 4.79 Å². The summed E-state index contributed by atoms with van der Waals surface area (Å²) in [4.78, 5) is 12.1. The highest BCUT2D eigenvalue weighted by Gasteiger charge is 2.27. The van der Waals surface area contributed by atoms with Gasteiger partial charge in [-0.3, -0.25) is 4.79 Å². The third-order valence-corrected chi connectivity index (χ3v) is 2.75. The van der Waals surface area contributed by atoms with Crippen LogP contribution < -0.4 is 5.32 Å². The van der Waals surface area contributed by atoms with Gasteiger partial charge in [-0.2, -0.15) is 0 Å². The maximum absolute atomic E-state index is 12.1. The topological polar surface area (TPSA) is 29.1 Å². The minimum absolute atomic E-state index is 0.0771. The molecular weight excluding hydrogens is 246 g/mol. The molecule has 0 bridgehead atoms. The van der Waals surface area contributed by atoms with Gasteiger partial charge in [-0.1, -0.05) is 38.4 Å². The Morgan fingerprint density at radius 1 is 1.22 bits per heavy atom. The zero-order valence-electron chi connectivity index (χ0n) is 11.8. The normalized spacial score (nSPS) is 12.3. The number of amides is 1. The first-order chi connectivity index (χ1) is 8.09. The van der Waals surface area contributed by atoms with Crippen LogP contribution in [0.3, 0.4) is 0 Å². The highest BCUT2D eigenvalue weighted by Crippen LogP contribution is 2.27. The molecule has 3 heteroatoms. The molecule has 0 atom stereocenters. The van der Waals surface area contributed by atoms with E-state index in [-0.39, 0.29) is 16.9 Å². The zero-order valence-corrected chi connectivity index (χ0v) is 12.6. The largest absolute Gasteiger partial charge is 0.347 e. The molecule has 0 unspecified atom stereocenters. The Bertz CT molecular complexity index is 432. The molecule has 1 amide bonds. The molecule has 0 heterocycles. The van der Waals surface area contributed by atoms with E-state index in [9.17, 15) is 4.79 Å². The van der Waals surface area contributed by atoms with E-state index in [1.54, 1.807) is 24.3 Å². The fraction of sp³-hybridized carbons (Fsp3) is 0.533. The Morgan fingerprint density at radius 2 is 1.83 bits per heavy atom. The lowest BCUT2D eigenvalue weighted by Gasteiger charge is -2.33. The van der Waals surface area contributed by atoms with Crippen LogP contribution in [0.15, 0.2) is 24.3 Å². The first kappa shape index (κ1) is 15.0. The molecule has 0 saturated heterocycles. The molecule has 18 heavy (non-hydrogen) atoms. The van der Waals surface area contributed by atoms with Gasteiger partial charge in [0, 0.05) is 16.1 Å². The molecule has 1 aromatic rings. The second kappa shape index (κ2) is 5.31. The second-order valence-electron chi connectivity index (χ2n) is 6.59. The summed E-state index contributed by atoms with van der Waals surface area (Å²) < 4.78 is 0. The fourth-order valence-electron chi connectivity index (χ4n) is 2.38. The summed E-state index contributed by atoms with van der Waals surface area (Å²) in [7, 11) is 0. The minimum Gasteiger partial charge on any atom is -0.347 e. The number of nitrogens with one attached hydrogen (secondary N) is 1. The average molecular weight is 268 g/mol. The smallest absolute Gasteiger partial charge is 0.251 e. The Morgan fingerprint density at radius 3 is 2.33 bits per heavy atom. The molecule has 100 valence electrons. The van der Waals surface area contributed by atoms with Crippen LogP contribution in [-0.2, 0) is 0 Å². The molecule has 0 spiro atoms. The Labute approximate surface area is 115 Å². The van der Waals surface area contributed by atoms with Gasteiger partial charge in [-0.15, -0.1) is 0 Å². The third-order valence-electron chi connectivity index (χ3n) is 2.51. The number of hydrogen-bond acceptors (Lipinski definition) is 1. The van der Waals surface area contributed by atoms with Crippen molar-refractivity contribution in [2.24, 2.45) is 5.41 Å². The molecule has 0 aliphatic rings. The zero-order chi connectivity index (χ0) is 14.0. The molecular formula is C15H22ClNO. The van der Waals surface area contributed by atoms with Gasteiger partial charge >= 0.3 is 0 Å². The van der Waals surface area contributed by atoms with Crippen LogP contribution in [0, 0.1) is 5.41 Å². The number of carbonyl (C=O) groups is 1. The van der Waals surface area contributed by atoms with Crippen molar-refractivity contribution in [1.29, 1.82) is 0 Å². The van der Waals surface area contributed by atoms with E-state index >= 15 is 0 Å². The molecule has 0 saturated carbocycles. The summed E-state index contributed by atoms with van der Waals surface area (Å²) in [6, 6.07) is 7.01. The van der Waals surface area contributed by atoms with Crippen molar-refractivity contribution in [2.45, 2.75) is 46.6 Å². The van der Waals surface area contributed by atoms with Crippen molar-refractivity contribution in [1.82, 2.24) is 5.32 Å². The quantitative estimate of drug-likeness (QED) is 0.870. The lowest BCUT2D eigenvalue weighted by molar-refractivity contribution is 0.0891. The molecule has 0 aromatic heterocycles. The maximum atomic E-state index is 12.1. The first-order valence-electron chi connectivity index (χ1n) is 6.17. The fourth-order valence-corrected chi connectivity index (χ4v) is 2.57. The van der Waals surface area contributed by atoms with Crippen LogP contribution in [0.4, 0.5) is 0 Å². The van der Waals surface area contributed by atoms with Crippen LogP contribution in [0.5, 0.6) is 0 Å². The van der Waals surface area contributed by atoms with Gasteiger partial charge in [0.2, 0.25) is 0 Å². The van der Waals surface area contributed by atoms with Crippen LogP contribution in [0.1, 0.15) is 51.4 Å². The minimum atomic E-state index is -0.238. The predicted molar refractivity (Wildman–Crippen MR) is 77.1 cm³/mol. The van der Waals surface area contributed by atoms with E-state index in [1.807, 2.05) is 13.8 Å². The highest BCUT2D eigenvalue weighted by molar-refractivity contribution is 6.30. The van der Waals surface area contributed by atoms with E-state index in [1.165, 1.54) is 0 Å². The maximum Gasteiger partial charge on any atom is 0.251 e. The molecule has 0 aliphatic carbocycles. The molecule has 2 nitrogen and oxygen atoms in total. The molecule has 1 N–H and O–H groups in total. The van der Waals surface area contributed by atoms with Gasteiger partial charge in [0.1, 0.15) is 0 Å². The number of carbonyl (C=O) groups excluding carboxylic acids is 1. The van der Waals surface area contributed by atoms with Crippen LogP contribution >= 0.6 is 11.6 Å². The van der Waals surface area contributed by atoms with Crippen molar-refractivity contribution >= 4 is 17.5 Å².